The molecule has 1 aromatic carbocycles. The molecular formula is C18H18N2OS3. The monoisotopic (exact) mass is 374 g/mol. The first-order chi connectivity index (χ1) is 11.7. The minimum absolute atomic E-state index is 0.0274. The maximum absolute atomic E-state index is 12.5. The Morgan fingerprint density at radius 1 is 1.21 bits per heavy atom. The molecule has 0 unspecified atom stereocenters. The van der Waals surface area contributed by atoms with Gasteiger partial charge in [0.2, 0.25) is 0 Å². The SMILES string of the molecule is CSc1ccc(CSc2nc3sc4c(c3c(=O)[nH]2)CCCC4)cc1. The molecule has 3 nitrogen and oxygen atoms in total. The average Bonchev–Trinajstić information content (AvgIpc) is 2.99. The van der Waals surface area contributed by atoms with Crippen LogP contribution >= 0.6 is 34.9 Å². The fraction of sp³-hybridized carbons (Fsp3) is 0.333. The van der Waals surface area contributed by atoms with Crippen LogP contribution in [0.4, 0.5) is 0 Å². The number of benzene rings is 1. The maximum Gasteiger partial charge on any atom is 0.260 e. The second-order valence-corrected chi connectivity index (χ2v) is 8.83. The zero-order chi connectivity index (χ0) is 16.5. The Kier molecular flexibility index (Phi) is 4.70. The first-order valence-corrected chi connectivity index (χ1v) is 11.1. The first-order valence-electron chi connectivity index (χ1n) is 8.05. The Labute approximate surface area is 153 Å². The zero-order valence-corrected chi connectivity index (χ0v) is 15.9. The number of hydrogen-bond donors (Lipinski definition) is 1. The van der Waals surface area contributed by atoms with E-state index in [1.165, 1.54) is 33.7 Å². The Morgan fingerprint density at radius 2 is 2.00 bits per heavy atom. The summed E-state index contributed by atoms with van der Waals surface area (Å²) in [5.41, 5.74) is 2.52. The summed E-state index contributed by atoms with van der Waals surface area (Å²) >= 11 is 5.05. The van der Waals surface area contributed by atoms with E-state index in [0.717, 1.165) is 34.0 Å². The van der Waals surface area contributed by atoms with Crippen molar-refractivity contribution in [1.82, 2.24) is 9.97 Å². The van der Waals surface area contributed by atoms with E-state index >= 15 is 0 Å². The van der Waals surface area contributed by atoms with Gasteiger partial charge in [0.05, 0.1) is 5.39 Å². The molecule has 0 radical (unpaired) electrons. The smallest absolute Gasteiger partial charge is 0.260 e. The molecule has 1 N–H and O–H groups in total. The molecule has 124 valence electrons. The lowest BCUT2D eigenvalue weighted by Gasteiger charge is -2.09. The van der Waals surface area contributed by atoms with Crippen molar-refractivity contribution >= 4 is 45.1 Å². The number of nitrogens with zero attached hydrogens (tertiary/aromatic N) is 1. The van der Waals surface area contributed by atoms with Gasteiger partial charge in [0, 0.05) is 15.5 Å². The van der Waals surface area contributed by atoms with Crippen LogP contribution in [0.1, 0.15) is 28.8 Å². The second kappa shape index (κ2) is 6.94. The number of nitrogens with one attached hydrogen (secondary N) is 1. The summed E-state index contributed by atoms with van der Waals surface area (Å²) in [5, 5.41) is 1.56. The van der Waals surface area contributed by atoms with E-state index in [1.807, 2.05) is 0 Å². The summed E-state index contributed by atoms with van der Waals surface area (Å²) in [6, 6.07) is 8.54. The predicted octanol–water partition coefficient (Wildman–Crippen LogP) is 4.88. The molecule has 3 aromatic rings. The fourth-order valence-corrected chi connectivity index (χ4v) is 5.63. The van der Waals surface area contributed by atoms with Crippen LogP contribution in [0.15, 0.2) is 39.1 Å². The number of thioether (sulfide) groups is 2. The van der Waals surface area contributed by atoms with Crippen molar-refractivity contribution in [2.45, 2.75) is 41.5 Å². The lowest BCUT2D eigenvalue weighted by Crippen LogP contribution is -2.10. The van der Waals surface area contributed by atoms with Crippen LogP contribution in [0, 0.1) is 0 Å². The van der Waals surface area contributed by atoms with Gasteiger partial charge in [-0.15, -0.1) is 23.1 Å². The summed E-state index contributed by atoms with van der Waals surface area (Å²) in [6.07, 6.45) is 6.61. The molecule has 0 aliphatic heterocycles. The topological polar surface area (TPSA) is 45.8 Å². The van der Waals surface area contributed by atoms with Gasteiger partial charge in [0.1, 0.15) is 4.83 Å². The molecule has 0 atom stereocenters. The zero-order valence-electron chi connectivity index (χ0n) is 13.4. The van der Waals surface area contributed by atoms with Crippen LogP contribution < -0.4 is 5.56 Å². The number of aromatic amines is 1. The molecule has 0 saturated heterocycles. The standard InChI is InChI=1S/C18H18N2OS3/c1-22-12-8-6-11(7-9-12)10-23-18-19-16(21)15-13-4-2-3-5-14(13)24-17(15)20-18/h6-9H,2-5,10H2,1H3,(H,19,20,21). The number of fused-ring (bicyclic) bond motifs is 3. The molecule has 0 spiro atoms. The van der Waals surface area contributed by atoms with Gasteiger partial charge in [0.25, 0.3) is 5.56 Å². The third kappa shape index (κ3) is 3.15. The fourth-order valence-electron chi connectivity index (χ4n) is 3.09. The van der Waals surface area contributed by atoms with Crippen LogP contribution in [-0.4, -0.2) is 16.2 Å². The van der Waals surface area contributed by atoms with Crippen molar-refractivity contribution in [3.8, 4) is 0 Å². The highest BCUT2D eigenvalue weighted by Crippen LogP contribution is 2.34. The van der Waals surface area contributed by atoms with Crippen molar-refractivity contribution in [2.75, 3.05) is 6.26 Å². The number of aromatic nitrogens is 2. The third-order valence-corrected chi connectivity index (χ3v) is 7.21. The molecular weight excluding hydrogens is 356 g/mol. The van der Waals surface area contributed by atoms with E-state index in [-0.39, 0.29) is 5.56 Å². The summed E-state index contributed by atoms with van der Waals surface area (Å²) < 4.78 is 0. The van der Waals surface area contributed by atoms with E-state index < -0.39 is 0 Å². The number of rotatable bonds is 4. The summed E-state index contributed by atoms with van der Waals surface area (Å²) in [6.45, 7) is 0. The van der Waals surface area contributed by atoms with E-state index in [9.17, 15) is 4.79 Å². The quantitative estimate of drug-likeness (QED) is 0.522. The number of aryl methyl sites for hydroxylation is 2. The van der Waals surface area contributed by atoms with Crippen LogP contribution in [0.3, 0.4) is 0 Å². The highest BCUT2D eigenvalue weighted by Gasteiger charge is 2.19. The van der Waals surface area contributed by atoms with Gasteiger partial charge in [-0.25, -0.2) is 4.98 Å². The number of hydrogen-bond acceptors (Lipinski definition) is 5. The minimum Gasteiger partial charge on any atom is -0.301 e. The van der Waals surface area contributed by atoms with Crippen molar-refractivity contribution in [2.24, 2.45) is 0 Å². The number of thiophene rings is 1. The summed E-state index contributed by atoms with van der Waals surface area (Å²) in [4.78, 5) is 23.8. The molecule has 2 aromatic heterocycles. The van der Waals surface area contributed by atoms with E-state index in [0.29, 0.717) is 0 Å². The highest BCUT2D eigenvalue weighted by atomic mass is 32.2. The van der Waals surface area contributed by atoms with E-state index in [4.69, 9.17) is 4.98 Å². The van der Waals surface area contributed by atoms with Gasteiger partial charge in [-0.05, 0) is 55.2 Å². The lowest BCUT2D eigenvalue weighted by molar-refractivity contribution is 0.700. The largest absolute Gasteiger partial charge is 0.301 e. The molecule has 0 bridgehead atoms. The summed E-state index contributed by atoms with van der Waals surface area (Å²) in [5.74, 6) is 0.814. The van der Waals surface area contributed by atoms with Crippen molar-refractivity contribution in [3.63, 3.8) is 0 Å². The van der Waals surface area contributed by atoms with Gasteiger partial charge in [-0.2, -0.15) is 0 Å². The molecule has 4 rings (SSSR count). The minimum atomic E-state index is 0.0274. The Morgan fingerprint density at radius 3 is 2.79 bits per heavy atom. The lowest BCUT2D eigenvalue weighted by atomic mass is 9.97. The van der Waals surface area contributed by atoms with Gasteiger partial charge in [-0.3, -0.25) is 4.79 Å². The molecule has 24 heavy (non-hydrogen) atoms. The Bertz CT molecular complexity index is 928. The van der Waals surface area contributed by atoms with E-state index in [2.05, 4.69) is 35.5 Å². The third-order valence-electron chi connectivity index (χ3n) is 4.34. The molecule has 0 fully saturated rings. The van der Waals surface area contributed by atoms with Gasteiger partial charge in [-0.1, -0.05) is 23.9 Å². The van der Waals surface area contributed by atoms with Crippen molar-refractivity contribution < 1.29 is 0 Å². The molecule has 1 aliphatic rings. The van der Waals surface area contributed by atoms with Crippen molar-refractivity contribution in [3.05, 3.63) is 50.6 Å². The van der Waals surface area contributed by atoms with Crippen molar-refractivity contribution in [1.29, 1.82) is 0 Å². The molecule has 1 aliphatic carbocycles. The predicted molar refractivity (Wildman–Crippen MR) is 105 cm³/mol. The van der Waals surface area contributed by atoms with Gasteiger partial charge >= 0.3 is 0 Å². The first kappa shape index (κ1) is 16.2. The Balaban J connectivity index is 1.59. The van der Waals surface area contributed by atoms with Crippen LogP contribution in [0.25, 0.3) is 10.2 Å². The van der Waals surface area contributed by atoms with Gasteiger partial charge < -0.3 is 4.98 Å². The molecule has 0 amide bonds. The van der Waals surface area contributed by atoms with Crippen LogP contribution in [0.2, 0.25) is 0 Å². The average molecular weight is 375 g/mol. The van der Waals surface area contributed by atoms with E-state index in [1.54, 1.807) is 34.9 Å². The highest BCUT2D eigenvalue weighted by molar-refractivity contribution is 7.98. The molecule has 6 heteroatoms. The van der Waals surface area contributed by atoms with Crippen LogP contribution in [-0.2, 0) is 18.6 Å². The second-order valence-electron chi connectivity index (χ2n) is 5.90. The molecule has 0 saturated carbocycles. The maximum atomic E-state index is 12.5. The molecule has 2 heterocycles. The van der Waals surface area contributed by atoms with Crippen LogP contribution in [0.5, 0.6) is 0 Å². The summed E-state index contributed by atoms with van der Waals surface area (Å²) in [7, 11) is 0. The van der Waals surface area contributed by atoms with Gasteiger partial charge in [0.15, 0.2) is 5.16 Å². The Hall–Kier alpha value is -1.24. The number of H-pyrrole nitrogens is 1. The normalized spacial score (nSPS) is 14.0.